The Balaban J connectivity index is 1.31. The predicted octanol–water partition coefficient (Wildman–Crippen LogP) is 8.94. The zero-order valence-corrected chi connectivity index (χ0v) is 28.2. The second kappa shape index (κ2) is 12.2. The van der Waals surface area contributed by atoms with Gasteiger partial charge in [-0.05, 0) is 48.5 Å². The van der Waals surface area contributed by atoms with Gasteiger partial charge < -0.3 is 15.4 Å². The number of ether oxygens (including phenoxy) is 1. The molecule has 6 rings (SSSR count). The lowest BCUT2D eigenvalue weighted by Gasteiger charge is -2.14. The molecule has 4 aromatic rings. The van der Waals surface area contributed by atoms with E-state index in [4.69, 9.17) is 85.9 Å². The summed E-state index contributed by atoms with van der Waals surface area (Å²) in [6, 6.07) is 11.1. The van der Waals surface area contributed by atoms with Crippen molar-refractivity contribution in [1.82, 2.24) is 10.6 Å². The van der Waals surface area contributed by atoms with Crippen LogP contribution in [0, 0.1) is 0 Å². The maximum absolute atomic E-state index is 13.0. The molecular weight excluding hydrogens is 769 g/mol. The lowest BCUT2D eigenvalue weighted by Crippen LogP contribution is -2.21. The standard InChI is InChI=1S/C28H11Cl7N4O6S/c29-17-13-15(19(31)22(34)21(17)33)27(40)38-25(13)36-9-1-3-10(4-2-9)37-26-14-16(28(41)39-26)20(32)24(23(35)18(14)30)45-11-5-7-12(8-6-11)46(42,43)44/h1-8H,(H,36,38,40)(H,37,39,41)(H,42,43,44). The van der Waals surface area contributed by atoms with Crippen molar-refractivity contribution in [2.45, 2.75) is 4.90 Å². The van der Waals surface area contributed by atoms with Gasteiger partial charge in [0.15, 0.2) is 5.75 Å². The summed E-state index contributed by atoms with van der Waals surface area (Å²) >= 11 is 44.4. The van der Waals surface area contributed by atoms with Crippen molar-refractivity contribution in [3.05, 3.63) is 106 Å². The minimum Gasteiger partial charge on any atom is -0.454 e. The van der Waals surface area contributed by atoms with Gasteiger partial charge in [0.2, 0.25) is 0 Å². The molecule has 0 aromatic heterocycles. The molecule has 0 bridgehead atoms. The molecule has 0 unspecified atom stereocenters. The summed E-state index contributed by atoms with van der Waals surface area (Å²) in [5, 5.41) is 4.71. The van der Waals surface area contributed by atoms with Crippen LogP contribution in [-0.4, -0.2) is 36.5 Å². The fourth-order valence-corrected chi connectivity index (χ4v) is 6.89. The maximum Gasteiger partial charge on any atom is 0.294 e. The Bertz CT molecular complexity index is 2210. The van der Waals surface area contributed by atoms with Crippen LogP contribution in [0.3, 0.4) is 0 Å². The van der Waals surface area contributed by atoms with Crippen LogP contribution in [0.25, 0.3) is 0 Å². The molecule has 0 saturated carbocycles. The molecule has 2 amide bonds. The van der Waals surface area contributed by atoms with Crippen molar-refractivity contribution in [2.24, 2.45) is 9.98 Å². The maximum atomic E-state index is 13.0. The van der Waals surface area contributed by atoms with E-state index in [1.165, 1.54) is 12.1 Å². The van der Waals surface area contributed by atoms with E-state index in [0.717, 1.165) is 12.1 Å². The summed E-state index contributed by atoms with van der Waals surface area (Å²) < 4.78 is 37.6. The molecule has 0 radical (unpaired) electrons. The van der Waals surface area contributed by atoms with Gasteiger partial charge in [-0.1, -0.05) is 81.2 Å². The Morgan fingerprint density at radius 2 is 0.978 bits per heavy atom. The van der Waals surface area contributed by atoms with E-state index in [-0.39, 0.29) is 85.5 Å². The first-order valence-corrected chi connectivity index (χ1v) is 16.5. The summed E-state index contributed by atoms with van der Waals surface area (Å²) in [5.41, 5.74) is 1.12. The van der Waals surface area contributed by atoms with Crippen molar-refractivity contribution >= 4 is 126 Å². The zero-order chi connectivity index (χ0) is 33.2. The topological polar surface area (TPSA) is 147 Å². The van der Waals surface area contributed by atoms with E-state index >= 15 is 0 Å². The highest BCUT2D eigenvalue weighted by Gasteiger charge is 2.36. The van der Waals surface area contributed by atoms with Gasteiger partial charge in [0, 0.05) is 0 Å². The number of fused-ring (bicyclic) bond motifs is 2. The number of benzene rings is 4. The SMILES string of the molecule is O=C1NC(=Nc2ccc(N=C3NC(=O)c4c(Cl)c(Oc5ccc(S(=O)(=O)O)cc5)c(Cl)c(Cl)c43)cc2)c2c(Cl)c(Cl)c(Cl)c(Cl)c21. The number of amides is 2. The Morgan fingerprint density at radius 3 is 1.43 bits per heavy atom. The van der Waals surface area contributed by atoms with Crippen LogP contribution in [0.1, 0.15) is 31.8 Å². The summed E-state index contributed by atoms with van der Waals surface area (Å²) in [4.78, 5) is 34.1. The molecule has 0 atom stereocenters. The van der Waals surface area contributed by atoms with E-state index < -0.39 is 21.9 Å². The fourth-order valence-electron chi connectivity index (χ4n) is 4.52. The Labute approximate surface area is 294 Å². The molecule has 2 heterocycles. The van der Waals surface area contributed by atoms with Gasteiger partial charge in [-0.2, -0.15) is 8.42 Å². The number of halogens is 7. The smallest absolute Gasteiger partial charge is 0.294 e. The number of hydrogen-bond donors (Lipinski definition) is 3. The molecule has 234 valence electrons. The molecule has 10 nitrogen and oxygen atoms in total. The minimum absolute atomic E-state index is 0.0136. The number of rotatable bonds is 5. The van der Waals surface area contributed by atoms with Crippen LogP contribution < -0.4 is 15.4 Å². The van der Waals surface area contributed by atoms with E-state index in [2.05, 4.69) is 20.6 Å². The molecule has 0 aliphatic carbocycles. The Morgan fingerprint density at radius 1 is 0.565 bits per heavy atom. The summed E-state index contributed by atoms with van der Waals surface area (Å²) in [6.07, 6.45) is 0. The quantitative estimate of drug-likeness (QED) is 0.105. The first kappa shape index (κ1) is 32.8. The van der Waals surface area contributed by atoms with Crippen LogP contribution in [-0.2, 0) is 10.1 Å². The van der Waals surface area contributed by atoms with Crippen LogP contribution in [0.15, 0.2) is 63.4 Å². The first-order valence-electron chi connectivity index (χ1n) is 12.4. The van der Waals surface area contributed by atoms with Crippen LogP contribution in [0.5, 0.6) is 11.5 Å². The molecule has 2 aliphatic rings. The molecule has 4 aromatic carbocycles. The van der Waals surface area contributed by atoms with Crippen molar-refractivity contribution in [3.63, 3.8) is 0 Å². The zero-order valence-electron chi connectivity index (χ0n) is 22.1. The highest BCUT2D eigenvalue weighted by atomic mass is 35.5. The number of carbonyl (C=O) groups excluding carboxylic acids is 2. The van der Waals surface area contributed by atoms with Gasteiger partial charge in [0.05, 0.1) is 68.7 Å². The van der Waals surface area contributed by atoms with E-state index in [1.807, 2.05) is 0 Å². The predicted molar refractivity (Wildman–Crippen MR) is 178 cm³/mol. The van der Waals surface area contributed by atoms with Crippen LogP contribution in [0.4, 0.5) is 11.4 Å². The second-order valence-corrected chi connectivity index (χ2v) is 13.5. The first-order chi connectivity index (χ1) is 21.7. The number of hydrogen-bond acceptors (Lipinski definition) is 7. The van der Waals surface area contributed by atoms with Crippen LogP contribution in [0.2, 0.25) is 35.2 Å². The molecule has 0 saturated heterocycles. The largest absolute Gasteiger partial charge is 0.454 e. The number of carbonyl (C=O) groups is 2. The summed E-state index contributed by atoms with van der Waals surface area (Å²) in [5.74, 6) is -1.06. The lowest BCUT2D eigenvalue weighted by molar-refractivity contribution is 0.0975. The fraction of sp³-hybridized carbons (Fsp3) is 0. The number of amidine groups is 2. The van der Waals surface area contributed by atoms with Gasteiger partial charge >= 0.3 is 0 Å². The number of nitrogens with zero attached hydrogens (tertiary/aromatic N) is 2. The highest BCUT2D eigenvalue weighted by Crippen LogP contribution is 2.47. The lowest BCUT2D eigenvalue weighted by atomic mass is 10.1. The van der Waals surface area contributed by atoms with Crippen LogP contribution >= 0.6 is 81.2 Å². The molecular formula is C28H11Cl7N4O6S. The molecule has 2 aliphatic heterocycles. The average Bonchev–Trinajstić information content (AvgIpc) is 3.52. The summed E-state index contributed by atoms with van der Waals surface area (Å²) in [7, 11) is -4.42. The Hall–Kier alpha value is -3.10. The van der Waals surface area contributed by atoms with Gasteiger partial charge in [-0.15, -0.1) is 0 Å². The average molecular weight is 780 g/mol. The monoisotopic (exact) mass is 776 g/mol. The second-order valence-electron chi connectivity index (χ2n) is 9.42. The van der Waals surface area contributed by atoms with Gasteiger partial charge in [-0.25, -0.2) is 9.98 Å². The third kappa shape index (κ3) is 5.70. The van der Waals surface area contributed by atoms with Gasteiger partial charge in [0.1, 0.15) is 22.4 Å². The molecule has 0 fully saturated rings. The van der Waals surface area contributed by atoms with Gasteiger partial charge in [-0.3, -0.25) is 14.1 Å². The Kier molecular flexibility index (Phi) is 8.68. The van der Waals surface area contributed by atoms with Gasteiger partial charge in [0.25, 0.3) is 21.9 Å². The minimum atomic E-state index is -4.42. The molecule has 3 N–H and O–H groups in total. The normalized spacial score (nSPS) is 15.7. The van der Waals surface area contributed by atoms with E-state index in [1.54, 1.807) is 24.3 Å². The van der Waals surface area contributed by atoms with E-state index in [9.17, 15) is 22.6 Å². The molecule has 18 heteroatoms. The number of aliphatic imine (C=N–C) groups is 2. The molecule has 46 heavy (non-hydrogen) atoms. The highest BCUT2D eigenvalue weighted by molar-refractivity contribution is 7.85. The number of nitrogens with one attached hydrogen (secondary N) is 2. The third-order valence-electron chi connectivity index (χ3n) is 6.61. The van der Waals surface area contributed by atoms with Crippen molar-refractivity contribution in [3.8, 4) is 11.5 Å². The van der Waals surface area contributed by atoms with E-state index in [0.29, 0.717) is 11.4 Å². The molecule has 0 spiro atoms. The van der Waals surface area contributed by atoms with Crippen molar-refractivity contribution in [2.75, 3.05) is 0 Å². The van der Waals surface area contributed by atoms with Crippen molar-refractivity contribution in [1.29, 1.82) is 0 Å². The third-order valence-corrected chi connectivity index (χ3v) is 10.5. The van der Waals surface area contributed by atoms with Crippen molar-refractivity contribution < 1.29 is 27.3 Å². The summed E-state index contributed by atoms with van der Waals surface area (Å²) in [6.45, 7) is 0.